The molecule has 5 rings (SSSR count). The molecule has 0 unspecified atom stereocenters. The highest BCUT2D eigenvalue weighted by atomic mass is 19.1. The van der Waals surface area contributed by atoms with Crippen LogP contribution in [0.5, 0.6) is 0 Å². The van der Waals surface area contributed by atoms with Crippen molar-refractivity contribution < 1.29 is 18.0 Å². The van der Waals surface area contributed by atoms with E-state index >= 15 is 0 Å². The Morgan fingerprint density at radius 3 is 2.57 bits per heavy atom. The van der Waals surface area contributed by atoms with Crippen LogP contribution < -0.4 is 4.90 Å². The van der Waals surface area contributed by atoms with Crippen LogP contribution in [-0.2, 0) is 0 Å². The van der Waals surface area contributed by atoms with Crippen molar-refractivity contribution in [2.75, 3.05) is 31.1 Å². The topological polar surface area (TPSA) is 79.8 Å². The second-order valence-electron chi connectivity index (χ2n) is 6.87. The molecule has 30 heavy (non-hydrogen) atoms. The highest BCUT2D eigenvalue weighted by Gasteiger charge is 2.25. The van der Waals surface area contributed by atoms with Gasteiger partial charge in [0.2, 0.25) is 5.82 Å². The Balaban J connectivity index is 1.33. The standard InChI is InChI=1S/C20H16F2N6O2/c21-13-3-4-14(15(22)12-13)20(29)27-9-7-26(8-10-27)18-6-5-17-23-24-19(28(17)25-18)16-2-1-11-30-16/h1-6,11-12H,7-10H2. The van der Waals surface area contributed by atoms with E-state index in [-0.39, 0.29) is 5.56 Å². The quantitative estimate of drug-likeness (QED) is 0.517. The van der Waals surface area contributed by atoms with Crippen LogP contribution in [0.1, 0.15) is 10.4 Å². The van der Waals surface area contributed by atoms with Gasteiger partial charge in [-0.25, -0.2) is 8.78 Å². The molecule has 8 nitrogen and oxygen atoms in total. The van der Waals surface area contributed by atoms with Gasteiger partial charge in [0, 0.05) is 32.2 Å². The average molecular weight is 410 g/mol. The number of hydrogen-bond donors (Lipinski definition) is 0. The maximum atomic E-state index is 13.9. The van der Waals surface area contributed by atoms with Crippen molar-refractivity contribution in [3.8, 4) is 11.6 Å². The number of furan rings is 1. The molecule has 3 aromatic heterocycles. The number of benzene rings is 1. The van der Waals surface area contributed by atoms with Crippen LogP contribution in [0.3, 0.4) is 0 Å². The van der Waals surface area contributed by atoms with Gasteiger partial charge in [0.1, 0.15) is 17.5 Å². The maximum Gasteiger partial charge on any atom is 0.256 e. The van der Waals surface area contributed by atoms with Crippen molar-refractivity contribution in [1.29, 1.82) is 0 Å². The third kappa shape index (κ3) is 3.15. The zero-order valence-electron chi connectivity index (χ0n) is 15.7. The number of anilines is 1. The van der Waals surface area contributed by atoms with E-state index in [0.717, 1.165) is 12.1 Å². The molecule has 0 spiro atoms. The van der Waals surface area contributed by atoms with Gasteiger partial charge in [-0.3, -0.25) is 4.79 Å². The van der Waals surface area contributed by atoms with Crippen LogP contribution in [0.2, 0.25) is 0 Å². The van der Waals surface area contributed by atoms with E-state index in [9.17, 15) is 13.6 Å². The summed E-state index contributed by atoms with van der Waals surface area (Å²) >= 11 is 0. The van der Waals surface area contributed by atoms with E-state index in [1.165, 1.54) is 6.07 Å². The minimum absolute atomic E-state index is 0.128. The highest BCUT2D eigenvalue weighted by molar-refractivity contribution is 5.94. The lowest BCUT2D eigenvalue weighted by Crippen LogP contribution is -2.49. The minimum atomic E-state index is -0.854. The normalized spacial score (nSPS) is 14.5. The molecule has 1 aliphatic heterocycles. The molecule has 0 radical (unpaired) electrons. The van der Waals surface area contributed by atoms with Crippen LogP contribution in [0, 0.1) is 11.6 Å². The minimum Gasteiger partial charge on any atom is -0.461 e. The molecule has 1 aliphatic rings. The Morgan fingerprint density at radius 1 is 1.00 bits per heavy atom. The van der Waals surface area contributed by atoms with E-state index in [1.807, 2.05) is 17.0 Å². The van der Waals surface area contributed by atoms with Crippen molar-refractivity contribution in [1.82, 2.24) is 24.7 Å². The van der Waals surface area contributed by atoms with E-state index < -0.39 is 17.5 Å². The number of rotatable bonds is 3. The lowest BCUT2D eigenvalue weighted by atomic mass is 10.1. The van der Waals surface area contributed by atoms with Crippen LogP contribution in [0.15, 0.2) is 53.1 Å². The molecule has 152 valence electrons. The molecule has 4 aromatic rings. The zero-order valence-corrected chi connectivity index (χ0v) is 15.7. The summed E-state index contributed by atoms with van der Waals surface area (Å²) in [4.78, 5) is 16.2. The molecule has 0 bridgehead atoms. The van der Waals surface area contributed by atoms with Crippen molar-refractivity contribution in [3.05, 3.63) is 65.9 Å². The lowest BCUT2D eigenvalue weighted by molar-refractivity contribution is 0.0741. The summed E-state index contributed by atoms with van der Waals surface area (Å²) < 4.78 is 34.0. The van der Waals surface area contributed by atoms with Gasteiger partial charge in [-0.1, -0.05) is 0 Å². The molecule has 1 aromatic carbocycles. The largest absolute Gasteiger partial charge is 0.461 e. The van der Waals surface area contributed by atoms with Gasteiger partial charge in [0.15, 0.2) is 11.4 Å². The number of nitrogens with zero attached hydrogens (tertiary/aromatic N) is 6. The number of halogens is 2. The summed E-state index contributed by atoms with van der Waals surface area (Å²) in [6.07, 6.45) is 1.56. The first-order valence-electron chi connectivity index (χ1n) is 9.36. The van der Waals surface area contributed by atoms with Crippen LogP contribution in [0.25, 0.3) is 17.2 Å². The fourth-order valence-corrected chi connectivity index (χ4v) is 3.48. The molecule has 0 N–H and O–H groups in total. The van der Waals surface area contributed by atoms with Crippen LogP contribution in [-0.4, -0.2) is 56.8 Å². The van der Waals surface area contributed by atoms with E-state index in [2.05, 4.69) is 15.3 Å². The molecule has 0 saturated carbocycles. The number of carbonyl (C=O) groups excluding carboxylic acids is 1. The first kappa shape index (κ1) is 18.2. The van der Waals surface area contributed by atoms with Gasteiger partial charge in [-0.15, -0.1) is 15.3 Å². The first-order chi connectivity index (χ1) is 14.6. The number of carbonyl (C=O) groups is 1. The summed E-state index contributed by atoms with van der Waals surface area (Å²) in [6, 6.07) is 10.2. The van der Waals surface area contributed by atoms with Gasteiger partial charge in [-0.05, 0) is 36.4 Å². The average Bonchev–Trinajstić information content (AvgIpc) is 3.42. The Labute approximate surface area is 169 Å². The number of hydrogen-bond acceptors (Lipinski definition) is 6. The third-order valence-corrected chi connectivity index (χ3v) is 5.04. The molecule has 0 atom stereocenters. The Morgan fingerprint density at radius 2 is 1.83 bits per heavy atom. The summed E-state index contributed by atoms with van der Waals surface area (Å²) in [5, 5.41) is 12.9. The Bertz CT molecular complexity index is 1220. The molecule has 4 heterocycles. The molecule has 10 heteroatoms. The van der Waals surface area contributed by atoms with Crippen LogP contribution >= 0.6 is 0 Å². The van der Waals surface area contributed by atoms with Crippen molar-refractivity contribution in [2.45, 2.75) is 0 Å². The van der Waals surface area contributed by atoms with Crippen molar-refractivity contribution in [2.24, 2.45) is 0 Å². The monoisotopic (exact) mass is 410 g/mol. The van der Waals surface area contributed by atoms with Gasteiger partial charge >= 0.3 is 0 Å². The Kier molecular flexibility index (Phi) is 4.38. The molecule has 1 fully saturated rings. The molecule has 1 saturated heterocycles. The fraction of sp³-hybridized carbons (Fsp3) is 0.200. The number of piperazine rings is 1. The van der Waals surface area contributed by atoms with Crippen molar-refractivity contribution in [3.63, 3.8) is 0 Å². The zero-order chi connectivity index (χ0) is 20.7. The molecule has 0 aliphatic carbocycles. The second-order valence-corrected chi connectivity index (χ2v) is 6.87. The first-order valence-corrected chi connectivity index (χ1v) is 9.36. The molecular formula is C20H16F2N6O2. The molecular weight excluding hydrogens is 394 g/mol. The predicted octanol–water partition coefficient (Wildman–Crippen LogP) is 2.62. The van der Waals surface area contributed by atoms with E-state index in [0.29, 0.717) is 49.2 Å². The summed E-state index contributed by atoms with van der Waals surface area (Å²) in [5.74, 6) is -0.253. The number of fused-ring (bicyclic) bond motifs is 1. The van der Waals surface area contributed by atoms with Gasteiger partial charge in [0.25, 0.3) is 5.91 Å². The SMILES string of the molecule is O=C(c1ccc(F)cc1F)N1CCN(c2ccc3nnc(-c4ccco4)n3n2)CC1. The Hall–Kier alpha value is -3.82. The third-order valence-electron chi connectivity index (χ3n) is 5.04. The number of amides is 1. The predicted molar refractivity (Wildman–Crippen MR) is 103 cm³/mol. The van der Waals surface area contributed by atoms with E-state index in [4.69, 9.17) is 4.42 Å². The summed E-state index contributed by atoms with van der Waals surface area (Å²) in [7, 11) is 0. The second kappa shape index (κ2) is 7.21. The maximum absolute atomic E-state index is 13.9. The summed E-state index contributed by atoms with van der Waals surface area (Å²) in [6.45, 7) is 1.82. The summed E-state index contributed by atoms with van der Waals surface area (Å²) in [5.41, 5.74) is 0.461. The van der Waals surface area contributed by atoms with Crippen molar-refractivity contribution >= 4 is 17.4 Å². The van der Waals surface area contributed by atoms with Gasteiger partial charge < -0.3 is 14.2 Å². The highest BCUT2D eigenvalue weighted by Crippen LogP contribution is 2.21. The van der Waals surface area contributed by atoms with Gasteiger partial charge in [0.05, 0.1) is 11.8 Å². The molecule has 1 amide bonds. The lowest BCUT2D eigenvalue weighted by Gasteiger charge is -2.35. The van der Waals surface area contributed by atoms with Crippen LogP contribution in [0.4, 0.5) is 14.6 Å². The fourth-order valence-electron chi connectivity index (χ4n) is 3.48. The van der Waals surface area contributed by atoms with Gasteiger partial charge in [-0.2, -0.15) is 4.52 Å². The smallest absolute Gasteiger partial charge is 0.256 e. The van der Waals surface area contributed by atoms with E-state index in [1.54, 1.807) is 27.8 Å². The number of aromatic nitrogens is 4.